The average Bonchev–Trinajstić information content (AvgIpc) is 2.65. The summed E-state index contributed by atoms with van der Waals surface area (Å²) in [6, 6.07) is 8.92. The van der Waals surface area contributed by atoms with Crippen LogP contribution in [0.15, 0.2) is 24.3 Å². The molecule has 3 aromatic rings. The van der Waals surface area contributed by atoms with Crippen molar-refractivity contribution >= 4 is 21.5 Å². The average molecular weight is 318 g/mol. The van der Waals surface area contributed by atoms with Crippen molar-refractivity contribution in [3.05, 3.63) is 46.5 Å². The molecule has 0 saturated heterocycles. The summed E-state index contributed by atoms with van der Waals surface area (Å²) in [7, 11) is 3.58. The van der Waals surface area contributed by atoms with Gasteiger partial charge in [-0.05, 0) is 83.3 Å². The molecule has 0 radical (unpaired) electrons. The number of hydrogen-bond acceptors (Lipinski definition) is 2. The third kappa shape index (κ3) is 1.71. The van der Waals surface area contributed by atoms with Gasteiger partial charge in [0.25, 0.3) is 0 Å². The second-order valence-corrected chi connectivity index (χ2v) is 7.00. The Balaban J connectivity index is 2.03. The Bertz CT molecular complexity index is 903. The Labute approximate surface area is 142 Å². The van der Waals surface area contributed by atoms with Gasteiger partial charge in [0.2, 0.25) is 0 Å². The summed E-state index contributed by atoms with van der Waals surface area (Å²) < 4.78 is 11.3. The SMILES string of the molecule is COc1ccc2c3c4c(c(OC)ccc4c4c2c1CCC4)CCC3. The van der Waals surface area contributed by atoms with Crippen LogP contribution in [0.5, 0.6) is 11.5 Å². The molecule has 0 amide bonds. The van der Waals surface area contributed by atoms with Crippen molar-refractivity contribution in [1.29, 1.82) is 0 Å². The number of rotatable bonds is 2. The van der Waals surface area contributed by atoms with E-state index in [2.05, 4.69) is 24.3 Å². The van der Waals surface area contributed by atoms with Gasteiger partial charge in [-0.2, -0.15) is 0 Å². The maximum atomic E-state index is 5.67. The Hall–Kier alpha value is -2.22. The van der Waals surface area contributed by atoms with E-state index in [0.29, 0.717) is 0 Å². The second kappa shape index (κ2) is 5.14. The lowest BCUT2D eigenvalue weighted by Gasteiger charge is -2.28. The third-order valence-corrected chi connectivity index (χ3v) is 5.94. The van der Waals surface area contributed by atoms with Crippen LogP contribution in [0.4, 0.5) is 0 Å². The van der Waals surface area contributed by atoms with E-state index in [1.165, 1.54) is 69.5 Å². The minimum absolute atomic E-state index is 1.06. The fourth-order valence-corrected chi connectivity index (χ4v) is 5.00. The highest BCUT2D eigenvalue weighted by Crippen LogP contribution is 2.46. The highest BCUT2D eigenvalue weighted by Gasteiger charge is 2.25. The molecular weight excluding hydrogens is 296 g/mol. The number of benzene rings is 3. The van der Waals surface area contributed by atoms with E-state index in [4.69, 9.17) is 9.47 Å². The molecule has 0 N–H and O–H groups in total. The molecule has 2 aliphatic rings. The van der Waals surface area contributed by atoms with Crippen LogP contribution in [0.3, 0.4) is 0 Å². The van der Waals surface area contributed by atoms with E-state index in [-0.39, 0.29) is 0 Å². The van der Waals surface area contributed by atoms with E-state index in [0.717, 1.165) is 24.3 Å². The van der Waals surface area contributed by atoms with Crippen molar-refractivity contribution in [3.63, 3.8) is 0 Å². The summed E-state index contributed by atoms with van der Waals surface area (Å²) in [4.78, 5) is 0. The molecule has 0 aliphatic heterocycles. The normalized spacial score (nSPS) is 15.8. The van der Waals surface area contributed by atoms with E-state index in [9.17, 15) is 0 Å². The molecule has 5 rings (SSSR count). The van der Waals surface area contributed by atoms with Crippen molar-refractivity contribution in [2.75, 3.05) is 14.2 Å². The fraction of sp³-hybridized carbons (Fsp3) is 0.364. The van der Waals surface area contributed by atoms with Gasteiger partial charge in [-0.15, -0.1) is 0 Å². The van der Waals surface area contributed by atoms with Crippen LogP contribution in [0.25, 0.3) is 21.5 Å². The van der Waals surface area contributed by atoms with Gasteiger partial charge in [-0.3, -0.25) is 0 Å². The number of methoxy groups -OCH3 is 2. The van der Waals surface area contributed by atoms with Gasteiger partial charge in [-0.1, -0.05) is 12.1 Å². The van der Waals surface area contributed by atoms with Crippen LogP contribution in [-0.4, -0.2) is 14.2 Å². The molecule has 3 aromatic carbocycles. The number of aryl methyl sites for hydroxylation is 4. The summed E-state index contributed by atoms with van der Waals surface area (Å²) in [5, 5.41) is 5.84. The van der Waals surface area contributed by atoms with E-state index >= 15 is 0 Å². The molecule has 122 valence electrons. The molecule has 24 heavy (non-hydrogen) atoms. The Kier molecular flexibility index (Phi) is 3.03. The monoisotopic (exact) mass is 318 g/mol. The molecule has 0 unspecified atom stereocenters. The smallest absolute Gasteiger partial charge is 0.122 e. The van der Waals surface area contributed by atoms with Crippen LogP contribution in [-0.2, 0) is 25.7 Å². The van der Waals surface area contributed by atoms with E-state index in [1.54, 1.807) is 14.2 Å². The van der Waals surface area contributed by atoms with Gasteiger partial charge in [0.1, 0.15) is 11.5 Å². The highest BCUT2D eigenvalue weighted by atomic mass is 16.5. The minimum atomic E-state index is 1.06. The van der Waals surface area contributed by atoms with Gasteiger partial charge >= 0.3 is 0 Å². The number of hydrogen-bond donors (Lipinski definition) is 0. The minimum Gasteiger partial charge on any atom is -0.496 e. The summed E-state index contributed by atoms with van der Waals surface area (Å²) in [5.74, 6) is 2.11. The van der Waals surface area contributed by atoms with Crippen molar-refractivity contribution in [2.24, 2.45) is 0 Å². The summed E-state index contributed by atoms with van der Waals surface area (Å²) in [6.07, 6.45) is 7.00. The predicted octanol–water partition coefficient (Wildman–Crippen LogP) is 4.99. The molecular formula is C22H22O2. The lowest BCUT2D eigenvalue weighted by molar-refractivity contribution is 0.409. The van der Waals surface area contributed by atoms with Gasteiger partial charge in [0, 0.05) is 11.1 Å². The quantitative estimate of drug-likeness (QED) is 0.620. The summed E-state index contributed by atoms with van der Waals surface area (Å²) in [6.45, 7) is 0. The molecule has 0 bridgehead atoms. The van der Waals surface area contributed by atoms with Crippen LogP contribution < -0.4 is 9.47 Å². The van der Waals surface area contributed by atoms with Gasteiger partial charge < -0.3 is 9.47 Å². The predicted molar refractivity (Wildman–Crippen MR) is 98.6 cm³/mol. The maximum absolute atomic E-state index is 5.67. The van der Waals surface area contributed by atoms with Gasteiger partial charge in [0.05, 0.1) is 14.2 Å². The van der Waals surface area contributed by atoms with Crippen molar-refractivity contribution in [1.82, 2.24) is 0 Å². The molecule has 0 heterocycles. The first-order chi connectivity index (χ1) is 11.8. The van der Waals surface area contributed by atoms with E-state index < -0.39 is 0 Å². The summed E-state index contributed by atoms with van der Waals surface area (Å²) >= 11 is 0. The largest absolute Gasteiger partial charge is 0.496 e. The topological polar surface area (TPSA) is 18.5 Å². The molecule has 0 spiro atoms. The zero-order valence-corrected chi connectivity index (χ0v) is 14.4. The molecule has 2 aliphatic carbocycles. The Morgan fingerprint density at radius 3 is 1.42 bits per heavy atom. The molecule has 0 saturated carbocycles. The second-order valence-electron chi connectivity index (χ2n) is 7.00. The number of ether oxygens (including phenoxy) is 2. The standard InChI is InChI=1S/C22H22O2/c1-23-19-11-9-15-14-6-4-8-18-20(24-2)12-10-16(22(14)18)13-5-3-7-17(19)21(13)15/h9-12H,3-8H2,1-2H3. The van der Waals surface area contributed by atoms with Crippen LogP contribution in [0.1, 0.15) is 35.1 Å². The highest BCUT2D eigenvalue weighted by molar-refractivity contribution is 6.10. The molecule has 2 heteroatoms. The third-order valence-electron chi connectivity index (χ3n) is 5.94. The lowest BCUT2D eigenvalue weighted by atomic mass is 9.78. The van der Waals surface area contributed by atoms with Crippen LogP contribution in [0.2, 0.25) is 0 Å². The van der Waals surface area contributed by atoms with E-state index in [1.807, 2.05) is 0 Å². The molecule has 0 atom stereocenters. The molecule has 0 fully saturated rings. The molecule has 2 nitrogen and oxygen atoms in total. The van der Waals surface area contributed by atoms with Crippen molar-refractivity contribution in [3.8, 4) is 11.5 Å². The Morgan fingerprint density at radius 1 is 0.583 bits per heavy atom. The first-order valence-corrected chi connectivity index (χ1v) is 8.96. The number of fused-ring (bicyclic) bond motifs is 2. The van der Waals surface area contributed by atoms with Crippen LogP contribution >= 0.6 is 0 Å². The van der Waals surface area contributed by atoms with Crippen LogP contribution in [0, 0.1) is 0 Å². The zero-order chi connectivity index (χ0) is 16.3. The van der Waals surface area contributed by atoms with Crippen molar-refractivity contribution in [2.45, 2.75) is 38.5 Å². The maximum Gasteiger partial charge on any atom is 0.122 e. The zero-order valence-electron chi connectivity index (χ0n) is 14.4. The first kappa shape index (κ1) is 14.2. The van der Waals surface area contributed by atoms with Crippen molar-refractivity contribution < 1.29 is 9.47 Å². The van der Waals surface area contributed by atoms with Gasteiger partial charge in [-0.25, -0.2) is 0 Å². The summed E-state index contributed by atoms with van der Waals surface area (Å²) in [5.41, 5.74) is 5.87. The lowest BCUT2D eigenvalue weighted by Crippen LogP contribution is -2.10. The van der Waals surface area contributed by atoms with Gasteiger partial charge in [0.15, 0.2) is 0 Å². The fourth-order valence-electron chi connectivity index (χ4n) is 5.00. The Morgan fingerprint density at radius 2 is 1.00 bits per heavy atom. The first-order valence-electron chi connectivity index (χ1n) is 8.96. The molecule has 0 aromatic heterocycles.